The number of carbonyl (C=O) groups is 1. The molecule has 27 heavy (non-hydrogen) atoms. The number of aromatic nitrogens is 2. The van der Waals surface area contributed by atoms with E-state index < -0.39 is 29.2 Å². The summed E-state index contributed by atoms with van der Waals surface area (Å²) in [5.74, 6) is -7.07. The van der Waals surface area contributed by atoms with E-state index in [1.807, 2.05) is 0 Å². The summed E-state index contributed by atoms with van der Waals surface area (Å²) in [5, 5.41) is 4.97. The molecule has 0 atom stereocenters. The minimum absolute atomic E-state index is 0.143. The van der Waals surface area contributed by atoms with Gasteiger partial charge in [0.25, 0.3) is 17.8 Å². The molecule has 0 aliphatic rings. The molecule has 1 aromatic carbocycles. The predicted octanol–water partition coefficient (Wildman–Crippen LogP) is 3.90. The number of benzene rings is 1. The van der Waals surface area contributed by atoms with Crippen molar-refractivity contribution in [3.63, 3.8) is 0 Å². The zero-order valence-electron chi connectivity index (χ0n) is 13.6. The highest BCUT2D eigenvalue weighted by Crippen LogP contribution is 2.23. The molecule has 0 fully saturated rings. The molecule has 2 aromatic heterocycles. The van der Waals surface area contributed by atoms with Crippen molar-refractivity contribution in [3.8, 4) is 0 Å². The fraction of sp³-hybridized carbons (Fsp3) is 0.0556. The SMILES string of the molecule is O=C(Nc1cccc(CNc2c(F)c(F)nc(F)c2F)c1)c1ccncc1. The summed E-state index contributed by atoms with van der Waals surface area (Å²) in [6.45, 7) is -0.143. The minimum atomic E-state index is -1.74. The lowest BCUT2D eigenvalue weighted by atomic mass is 10.2. The maximum absolute atomic E-state index is 13.6. The van der Waals surface area contributed by atoms with Gasteiger partial charge in [0.05, 0.1) is 0 Å². The van der Waals surface area contributed by atoms with Gasteiger partial charge in [0.2, 0.25) is 11.6 Å². The number of halogens is 4. The van der Waals surface area contributed by atoms with Crippen LogP contribution in [-0.4, -0.2) is 15.9 Å². The van der Waals surface area contributed by atoms with Crippen molar-refractivity contribution < 1.29 is 22.4 Å². The second kappa shape index (κ2) is 7.81. The molecule has 0 unspecified atom stereocenters. The third-order valence-electron chi connectivity index (χ3n) is 3.59. The fourth-order valence-electron chi connectivity index (χ4n) is 2.30. The molecule has 2 N–H and O–H groups in total. The number of hydrogen-bond donors (Lipinski definition) is 2. The summed E-state index contributed by atoms with van der Waals surface area (Å²) in [5.41, 5.74) is 0.398. The lowest BCUT2D eigenvalue weighted by Gasteiger charge is -2.11. The Hall–Kier alpha value is -3.49. The van der Waals surface area contributed by atoms with Crippen LogP contribution in [0.15, 0.2) is 48.8 Å². The van der Waals surface area contributed by atoms with Crippen LogP contribution >= 0.6 is 0 Å². The average molecular weight is 376 g/mol. The van der Waals surface area contributed by atoms with Crippen molar-refractivity contribution in [2.75, 3.05) is 10.6 Å². The number of nitrogens with one attached hydrogen (secondary N) is 2. The molecule has 0 spiro atoms. The van der Waals surface area contributed by atoms with Crippen molar-refractivity contribution >= 4 is 17.3 Å². The summed E-state index contributed by atoms with van der Waals surface area (Å²) in [7, 11) is 0. The highest BCUT2D eigenvalue weighted by atomic mass is 19.2. The Kier molecular flexibility index (Phi) is 5.30. The third kappa shape index (κ3) is 4.20. The van der Waals surface area contributed by atoms with Crippen LogP contribution in [0, 0.1) is 23.5 Å². The van der Waals surface area contributed by atoms with Crippen molar-refractivity contribution in [2.45, 2.75) is 6.54 Å². The van der Waals surface area contributed by atoms with E-state index in [1.165, 1.54) is 12.4 Å². The highest BCUT2D eigenvalue weighted by molar-refractivity contribution is 6.04. The molecule has 0 radical (unpaired) electrons. The molecule has 3 rings (SSSR count). The first-order valence-corrected chi connectivity index (χ1v) is 7.70. The Balaban J connectivity index is 1.73. The Morgan fingerprint density at radius 1 is 0.963 bits per heavy atom. The Morgan fingerprint density at radius 2 is 1.63 bits per heavy atom. The standard InChI is InChI=1S/C18H12F4N4O/c19-13-15(14(20)17(22)26-16(13)21)24-9-10-2-1-3-12(8-10)25-18(27)11-4-6-23-7-5-11/h1-8H,9H2,(H,24,26)(H,25,27). The number of amides is 1. The number of rotatable bonds is 5. The quantitative estimate of drug-likeness (QED) is 0.524. The van der Waals surface area contributed by atoms with Crippen molar-refractivity contribution in [3.05, 3.63) is 83.4 Å². The zero-order valence-corrected chi connectivity index (χ0v) is 13.6. The van der Waals surface area contributed by atoms with Gasteiger partial charge in [0.1, 0.15) is 5.69 Å². The van der Waals surface area contributed by atoms with E-state index in [0.29, 0.717) is 16.8 Å². The van der Waals surface area contributed by atoms with Crippen LogP contribution in [0.1, 0.15) is 15.9 Å². The Morgan fingerprint density at radius 3 is 2.30 bits per heavy atom. The first kappa shape index (κ1) is 18.3. The fourth-order valence-corrected chi connectivity index (χ4v) is 2.30. The number of carbonyl (C=O) groups excluding carboxylic acids is 1. The zero-order chi connectivity index (χ0) is 19.4. The van der Waals surface area contributed by atoms with E-state index in [2.05, 4.69) is 20.6 Å². The predicted molar refractivity (Wildman–Crippen MR) is 90.0 cm³/mol. The van der Waals surface area contributed by atoms with Crippen LogP contribution in [0.2, 0.25) is 0 Å². The van der Waals surface area contributed by atoms with Crippen molar-refractivity contribution in [1.29, 1.82) is 0 Å². The Bertz CT molecular complexity index is 956. The van der Waals surface area contributed by atoms with Crippen molar-refractivity contribution in [1.82, 2.24) is 9.97 Å². The summed E-state index contributed by atoms with van der Waals surface area (Å²) >= 11 is 0. The van der Waals surface area contributed by atoms with Gasteiger partial charge in [-0.15, -0.1) is 0 Å². The number of hydrogen-bond acceptors (Lipinski definition) is 4. The lowest BCUT2D eigenvalue weighted by molar-refractivity contribution is 0.102. The molecule has 0 aliphatic heterocycles. The molecule has 3 aromatic rings. The second-order valence-electron chi connectivity index (χ2n) is 5.44. The number of pyridine rings is 2. The van der Waals surface area contributed by atoms with Crippen LogP contribution < -0.4 is 10.6 Å². The lowest BCUT2D eigenvalue weighted by Crippen LogP contribution is -2.12. The normalized spacial score (nSPS) is 10.5. The average Bonchev–Trinajstić information content (AvgIpc) is 2.67. The highest BCUT2D eigenvalue weighted by Gasteiger charge is 2.20. The molecule has 1 amide bonds. The molecular weight excluding hydrogens is 364 g/mol. The Labute approximate surface area is 151 Å². The molecule has 138 valence electrons. The molecule has 0 saturated heterocycles. The molecule has 0 aliphatic carbocycles. The van der Waals surface area contributed by atoms with Gasteiger partial charge in [0.15, 0.2) is 0 Å². The van der Waals surface area contributed by atoms with Gasteiger partial charge in [-0.3, -0.25) is 9.78 Å². The molecule has 0 saturated carbocycles. The van der Waals surface area contributed by atoms with E-state index in [9.17, 15) is 22.4 Å². The minimum Gasteiger partial charge on any atom is -0.376 e. The summed E-state index contributed by atoms with van der Waals surface area (Å²) in [6.07, 6.45) is 2.96. The van der Waals surface area contributed by atoms with E-state index in [1.54, 1.807) is 36.4 Å². The smallest absolute Gasteiger partial charge is 0.255 e. The monoisotopic (exact) mass is 376 g/mol. The van der Waals surface area contributed by atoms with Gasteiger partial charge in [-0.25, -0.2) is 0 Å². The molecular formula is C18H12F4N4O. The van der Waals surface area contributed by atoms with Gasteiger partial charge < -0.3 is 10.6 Å². The van der Waals surface area contributed by atoms with E-state index >= 15 is 0 Å². The van der Waals surface area contributed by atoms with E-state index in [0.717, 1.165) is 0 Å². The molecule has 5 nitrogen and oxygen atoms in total. The van der Waals surface area contributed by atoms with Gasteiger partial charge >= 0.3 is 0 Å². The topological polar surface area (TPSA) is 66.9 Å². The summed E-state index contributed by atoms with van der Waals surface area (Å²) < 4.78 is 53.5. The van der Waals surface area contributed by atoms with Gasteiger partial charge in [0, 0.05) is 30.2 Å². The first-order valence-electron chi connectivity index (χ1n) is 7.70. The van der Waals surface area contributed by atoms with Crippen LogP contribution in [-0.2, 0) is 6.54 Å². The van der Waals surface area contributed by atoms with Gasteiger partial charge in [-0.2, -0.15) is 22.5 Å². The third-order valence-corrected chi connectivity index (χ3v) is 3.59. The molecule has 9 heteroatoms. The largest absolute Gasteiger partial charge is 0.376 e. The van der Waals surface area contributed by atoms with E-state index in [4.69, 9.17) is 0 Å². The molecule has 2 heterocycles. The van der Waals surface area contributed by atoms with E-state index in [-0.39, 0.29) is 12.5 Å². The molecule has 0 bridgehead atoms. The maximum atomic E-state index is 13.6. The van der Waals surface area contributed by atoms with Crippen LogP contribution in [0.4, 0.5) is 28.9 Å². The van der Waals surface area contributed by atoms with Crippen LogP contribution in [0.5, 0.6) is 0 Å². The van der Waals surface area contributed by atoms with Gasteiger partial charge in [-0.1, -0.05) is 12.1 Å². The van der Waals surface area contributed by atoms with Crippen LogP contribution in [0.3, 0.4) is 0 Å². The number of nitrogens with zero attached hydrogens (tertiary/aromatic N) is 2. The first-order chi connectivity index (χ1) is 13.0. The summed E-state index contributed by atoms with van der Waals surface area (Å²) in [6, 6.07) is 9.47. The van der Waals surface area contributed by atoms with Gasteiger partial charge in [-0.05, 0) is 29.8 Å². The van der Waals surface area contributed by atoms with Crippen molar-refractivity contribution in [2.24, 2.45) is 0 Å². The second-order valence-corrected chi connectivity index (χ2v) is 5.44. The summed E-state index contributed by atoms with van der Waals surface area (Å²) in [4.78, 5) is 18.4. The number of anilines is 2. The maximum Gasteiger partial charge on any atom is 0.255 e. The van der Waals surface area contributed by atoms with Crippen LogP contribution in [0.25, 0.3) is 0 Å².